The molecule has 0 radical (unpaired) electrons. The molecule has 0 spiro atoms. The van der Waals surface area contributed by atoms with Crippen LogP contribution in [0.5, 0.6) is 17.2 Å². The second-order valence-electron chi connectivity index (χ2n) is 7.03. The minimum absolute atomic E-state index is 0.139. The van der Waals surface area contributed by atoms with Gasteiger partial charge in [0.2, 0.25) is 11.7 Å². The van der Waals surface area contributed by atoms with Gasteiger partial charge in [-0.2, -0.15) is 5.10 Å². The summed E-state index contributed by atoms with van der Waals surface area (Å²) in [6.45, 7) is 0. The number of rotatable bonds is 7. The highest BCUT2D eigenvalue weighted by atomic mass is 19.1. The van der Waals surface area contributed by atoms with Gasteiger partial charge in [0.15, 0.2) is 11.5 Å². The van der Waals surface area contributed by atoms with Crippen LogP contribution in [0.4, 0.5) is 15.9 Å². The number of carbonyl (C=O) groups is 2. The van der Waals surface area contributed by atoms with Crippen LogP contribution in [-0.4, -0.2) is 42.9 Å². The molecule has 1 aliphatic rings. The molecule has 10 heteroatoms. The highest BCUT2D eigenvalue weighted by Gasteiger charge is 2.35. The van der Waals surface area contributed by atoms with Gasteiger partial charge in [0.05, 0.1) is 33.9 Å². The Labute approximate surface area is 183 Å². The van der Waals surface area contributed by atoms with Crippen molar-refractivity contribution in [1.29, 1.82) is 0 Å². The van der Waals surface area contributed by atoms with Crippen molar-refractivity contribution < 1.29 is 28.2 Å². The minimum Gasteiger partial charge on any atom is -0.493 e. The molecule has 2 N–H and O–H groups in total. The highest BCUT2D eigenvalue weighted by Crippen LogP contribution is 2.40. The normalized spacial score (nSPS) is 14.5. The summed E-state index contributed by atoms with van der Waals surface area (Å²) < 4.78 is 30.6. The van der Waals surface area contributed by atoms with E-state index in [1.165, 1.54) is 38.1 Å². The van der Waals surface area contributed by atoms with Crippen LogP contribution in [0.1, 0.15) is 12.5 Å². The first-order valence-corrected chi connectivity index (χ1v) is 9.69. The van der Waals surface area contributed by atoms with Crippen molar-refractivity contribution in [2.24, 2.45) is 0 Å². The lowest BCUT2D eigenvalue weighted by Crippen LogP contribution is -2.23. The summed E-state index contributed by atoms with van der Waals surface area (Å²) >= 11 is 0. The summed E-state index contributed by atoms with van der Waals surface area (Å²) in [6.07, 6.45) is 1.44. The van der Waals surface area contributed by atoms with Crippen molar-refractivity contribution in [2.45, 2.75) is 12.5 Å². The predicted octanol–water partition coefficient (Wildman–Crippen LogP) is 3.24. The number of anilines is 2. The third kappa shape index (κ3) is 3.82. The lowest BCUT2D eigenvalue weighted by Gasteiger charge is -2.15. The Morgan fingerprint density at radius 2 is 1.78 bits per heavy atom. The van der Waals surface area contributed by atoms with Crippen LogP contribution < -0.4 is 24.8 Å². The Morgan fingerprint density at radius 3 is 2.38 bits per heavy atom. The standard InChI is InChI=1S/C22H21FN4O5/c1-30-17-8-14(9-18(31-2)20(17)32-3)25-19(28)10-16-22(29)26-21-15(11-24-27(16)21)12-4-6-13(23)7-5-12/h4-9,11,16H,10H2,1-3H3,(H,25,28)(H,26,29). The van der Waals surface area contributed by atoms with E-state index in [1.807, 2.05) is 0 Å². The van der Waals surface area contributed by atoms with E-state index < -0.39 is 11.9 Å². The van der Waals surface area contributed by atoms with Crippen molar-refractivity contribution in [3.8, 4) is 28.4 Å². The van der Waals surface area contributed by atoms with Gasteiger partial charge in [-0.25, -0.2) is 9.07 Å². The van der Waals surface area contributed by atoms with Gasteiger partial charge in [-0.05, 0) is 17.7 Å². The lowest BCUT2D eigenvalue weighted by atomic mass is 10.1. The molecule has 2 heterocycles. The quantitative estimate of drug-likeness (QED) is 0.585. The summed E-state index contributed by atoms with van der Waals surface area (Å²) in [5.74, 6) is 0.536. The number of aromatic nitrogens is 2. The molecule has 4 rings (SSSR count). The SMILES string of the molecule is COc1cc(NC(=O)CC2C(=O)Nc3c(-c4ccc(F)cc4)cnn32)cc(OC)c1OC. The number of amides is 2. The van der Waals surface area contributed by atoms with Gasteiger partial charge in [-0.15, -0.1) is 0 Å². The fraction of sp³-hybridized carbons (Fsp3) is 0.227. The minimum atomic E-state index is -0.818. The zero-order valence-corrected chi connectivity index (χ0v) is 17.6. The summed E-state index contributed by atoms with van der Waals surface area (Å²) in [5.41, 5.74) is 1.77. The zero-order chi connectivity index (χ0) is 22.8. The largest absolute Gasteiger partial charge is 0.493 e. The van der Waals surface area contributed by atoms with Gasteiger partial charge in [-0.1, -0.05) is 12.1 Å². The van der Waals surface area contributed by atoms with Crippen LogP contribution in [-0.2, 0) is 9.59 Å². The maximum atomic E-state index is 13.2. The number of benzene rings is 2. The van der Waals surface area contributed by atoms with E-state index in [0.717, 1.165) is 0 Å². The van der Waals surface area contributed by atoms with E-state index in [4.69, 9.17) is 14.2 Å². The van der Waals surface area contributed by atoms with E-state index >= 15 is 0 Å². The zero-order valence-electron chi connectivity index (χ0n) is 17.6. The molecule has 166 valence electrons. The number of methoxy groups -OCH3 is 3. The van der Waals surface area contributed by atoms with Crippen molar-refractivity contribution in [3.63, 3.8) is 0 Å². The maximum Gasteiger partial charge on any atom is 0.251 e. The number of nitrogens with zero attached hydrogens (tertiary/aromatic N) is 2. The Hall–Kier alpha value is -4.08. The van der Waals surface area contributed by atoms with E-state index in [1.54, 1.807) is 30.5 Å². The number of carbonyl (C=O) groups excluding carboxylic acids is 2. The number of ether oxygens (including phenoxy) is 3. The topological polar surface area (TPSA) is 104 Å². The molecular formula is C22H21FN4O5. The smallest absolute Gasteiger partial charge is 0.251 e. The van der Waals surface area contributed by atoms with Crippen LogP contribution in [0, 0.1) is 5.82 Å². The lowest BCUT2D eigenvalue weighted by molar-refractivity contribution is -0.123. The molecular weight excluding hydrogens is 419 g/mol. The van der Waals surface area contributed by atoms with Gasteiger partial charge >= 0.3 is 0 Å². The molecule has 32 heavy (non-hydrogen) atoms. The summed E-state index contributed by atoms with van der Waals surface area (Å²) in [5, 5.41) is 9.78. The molecule has 1 aromatic heterocycles. The van der Waals surface area contributed by atoms with Crippen LogP contribution in [0.15, 0.2) is 42.6 Å². The maximum absolute atomic E-state index is 13.2. The Bertz CT molecular complexity index is 1150. The second kappa shape index (κ2) is 8.58. The molecule has 1 aliphatic heterocycles. The molecule has 2 aromatic carbocycles. The monoisotopic (exact) mass is 440 g/mol. The first kappa shape index (κ1) is 21.2. The molecule has 0 bridgehead atoms. The molecule has 0 saturated heterocycles. The van der Waals surface area contributed by atoms with Gasteiger partial charge in [-0.3, -0.25) is 9.59 Å². The Morgan fingerprint density at radius 1 is 1.12 bits per heavy atom. The van der Waals surface area contributed by atoms with Crippen molar-refractivity contribution in [3.05, 3.63) is 48.4 Å². The fourth-order valence-corrected chi connectivity index (χ4v) is 3.59. The van der Waals surface area contributed by atoms with E-state index in [9.17, 15) is 14.0 Å². The van der Waals surface area contributed by atoms with Crippen molar-refractivity contribution in [1.82, 2.24) is 9.78 Å². The average Bonchev–Trinajstić information content (AvgIpc) is 3.32. The number of halogens is 1. The average molecular weight is 440 g/mol. The van der Waals surface area contributed by atoms with E-state index in [2.05, 4.69) is 15.7 Å². The highest BCUT2D eigenvalue weighted by molar-refractivity contribution is 6.04. The summed E-state index contributed by atoms with van der Waals surface area (Å²) in [6, 6.07) is 8.24. The van der Waals surface area contributed by atoms with Gasteiger partial charge < -0.3 is 24.8 Å². The third-order valence-electron chi connectivity index (χ3n) is 5.12. The first-order valence-electron chi connectivity index (χ1n) is 9.69. The number of hydrogen-bond donors (Lipinski definition) is 2. The fourth-order valence-electron chi connectivity index (χ4n) is 3.59. The van der Waals surface area contributed by atoms with Gasteiger partial charge in [0.25, 0.3) is 5.91 Å². The first-order chi connectivity index (χ1) is 15.4. The Balaban J connectivity index is 1.53. The number of hydrogen-bond acceptors (Lipinski definition) is 6. The predicted molar refractivity (Wildman–Crippen MR) is 115 cm³/mol. The molecule has 0 saturated carbocycles. The molecule has 0 aliphatic carbocycles. The number of fused-ring (bicyclic) bond motifs is 1. The van der Waals surface area contributed by atoms with E-state index in [0.29, 0.717) is 39.9 Å². The van der Waals surface area contributed by atoms with E-state index in [-0.39, 0.29) is 18.1 Å². The van der Waals surface area contributed by atoms with Crippen LogP contribution in [0.2, 0.25) is 0 Å². The number of nitrogens with one attached hydrogen (secondary N) is 2. The molecule has 1 atom stereocenters. The summed E-state index contributed by atoms with van der Waals surface area (Å²) in [4.78, 5) is 25.2. The molecule has 9 nitrogen and oxygen atoms in total. The molecule has 0 fully saturated rings. The van der Waals surface area contributed by atoms with Crippen molar-refractivity contribution in [2.75, 3.05) is 32.0 Å². The molecule has 1 unspecified atom stereocenters. The molecule has 3 aromatic rings. The van der Waals surface area contributed by atoms with Crippen LogP contribution in [0.25, 0.3) is 11.1 Å². The van der Waals surface area contributed by atoms with Crippen LogP contribution >= 0.6 is 0 Å². The van der Waals surface area contributed by atoms with Crippen LogP contribution in [0.3, 0.4) is 0 Å². The van der Waals surface area contributed by atoms with Gasteiger partial charge in [0.1, 0.15) is 17.7 Å². The second-order valence-corrected chi connectivity index (χ2v) is 7.03. The third-order valence-corrected chi connectivity index (χ3v) is 5.12. The Kier molecular flexibility index (Phi) is 5.67. The summed E-state index contributed by atoms with van der Waals surface area (Å²) in [7, 11) is 4.44. The van der Waals surface area contributed by atoms with Crippen molar-refractivity contribution >= 4 is 23.3 Å². The van der Waals surface area contributed by atoms with Gasteiger partial charge in [0, 0.05) is 23.4 Å². The molecule has 2 amide bonds.